The maximum Gasteiger partial charge on any atom is 0.223 e. The summed E-state index contributed by atoms with van der Waals surface area (Å²) < 4.78 is 4.95. The van der Waals surface area contributed by atoms with Gasteiger partial charge in [0.05, 0.1) is 0 Å². The van der Waals surface area contributed by atoms with Gasteiger partial charge in [-0.3, -0.25) is 0 Å². The van der Waals surface area contributed by atoms with E-state index >= 15 is 0 Å². The number of benzene rings is 1. The smallest absolute Gasteiger partial charge is 0.223 e. The third-order valence-electron chi connectivity index (χ3n) is 2.16. The summed E-state index contributed by atoms with van der Waals surface area (Å²) in [6.07, 6.45) is 0. The van der Waals surface area contributed by atoms with E-state index in [9.17, 15) is 0 Å². The highest BCUT2D eigenvalue weighted by atomic mass is 16.5. The molecule has 0 atom stereocenters. The first-order chi connectivity index (χ1) is 6.66. The van der Waals surface area contributed by atoms with Gasteiger partial charge in [-0.2, -0.15) is 4.98 Å². The second-order valence-corrected chi connectivity index (χ2v) is 3.46. The summed E-state index contributed by atoms with van der Waals surface area (Å²) in [5.41, 5.74) is 3.41. The summed E-state index contributed by atoms with van der Waals surface area (Å²) >= 11 is 0. The van der Waals surface area contributed by atoms with Gasteiger partial charge in [0.1, 0.15) is 0 Å². The fourth-order valence-corrected chi connectivity index (χ4v) is 1.39. The van der Waals surface area contributed by atoms with E-state index < -0.39 is 0 Å². The summed E-state index contributed by atoms with van der Waals surface area (Å²) in [4.78, 5) is 4.21. The Morgan fingerprint density at radius 2 is 1.93 bits per heavy atom. The van der Waals surface area contributed by atoms with Gasteiger partial charge in [0, 0.05) is 12.5 Å². The van der Waals surface area contributed by atoms with Gasteiger partial charge in [-0.1, -0.05) is 22.9 Å². The van der Waals surface area contributed by atoms with Crippen LogP contribution in [0, 0.1) is 20.8 Å². The molecule has 1 aromatic carbocycles. The van der Waals surface area contributed by atoms with Crippen molar-refractivity contribution in [2.75, 3.05) is 0 Å². The number of rotatable bonds is 1. The molecule has 0 saturated carbocycles. The van der Waals surface area contributed by atoms with E-state index in [0.717, 1.165) is 11.1 Å². The lowest BCUT2D eigenvalue weighted by Gasteiger charge is -2.01. The van der Waals surface area contributed by atoms with E-state index in [1.807, 2.05) is 6.92 Å². The van der Waals surface area contributed by atoms with Crippen molar-refractivity contribution in [3.63, 3.8) is 0 Å². The molecule has 0 radical (unpaired) electrons. The Bertz CT molecular complexity index is 460. The van der Waals surface area contributed by atoms with Gasteiger partial charge < -0.3 is 4.52 Å². The van der Waals surface area contributed by atoms with Gasteiger partial charge in [0.25, 0.3) is 0 Å². The van der Waals surface area contributed by atoms with Crippen molar-refractivity contribution in [2.24, 2.45) is 0 Å². The topological polar surface area (TPSA) is 38.9 Å². The quantitative estimate of drug-likeness (QED) is 0.690. The Morgan fingerprint density at radius 1 is 1.14 bits per heavy atom. The van der Waals surface area contributed by atoms with Crippen LogP contribution < -0.4 is 0 Å². The molecular weight excluding hydrogens is 176 g/mol. The van der Waals surface area contributed by atoms with Crippen LogP contribution in [-0.2, 0) is 0 Å². The predicted octanol–water partition coefficient (Wildman–Crippen LogP) is 2.66. The van der Waals surface area contributed by atoms with Gasteiger partial charge in [-0.05, 0) is 25.5 Å². The van der Waals surface area contributed by atoms with E-state index in [0.29, 0.717) is 11.7 Å². The molecule has 0 amide bonds. The van der Waals surface area contributed by atoms with Crippen LogP contribution in [0.25, 0.3) is 11.4 Å². The molecule has 2 rings (SSSR count). The Hall–Kier alpha value is -1.64. The van der Waals surface area contributed by atoms with E-state index in [1.54, 1.807) is 6.92 Å². The number of hydrogen-bond donors (Lipinski definition) is 0. The fraction of sp³-hybridized carbons (Fsp3) is 0.273. The molecule has 0 N–H and O–H groups in total. The maximum atomic E-state index is 4.95. The van der Waals surface area contributed by atoms with Crippen molar-refractivity contribution < 1.29 is 4.52 Å². The van der Waals surface area contributed by atoms with Crippen molar-refractivity contribution in [3.8, 4) is 11.4 Å². The van der Waals surface area contributed by atoms with Gasteiger partial charge in [-0.15, -0.1) is 0 Å². The third kappa shape index (κ3) is 1.53. The molecule has 2 aromatic rings. The number of nitrogens with zero attached hydrogens (tertiary/aromatic N) is 2. The van der Waals surface area contributed by atoms with Crippen LogP contribution in [-0.4, -0.2) is 10.1 Å². The zero-order valence-electron chi connectivity index (χ0n) is 8.53. The first-order valence-electron chi connectivity index (χ1n) is 4.55. The molecule has 0 aliphatic rings. The molecule has 72 valence electrons. The monoisotopic (exact) mass is 188 g/mol. The lowest BCUT2D eigenvalue weighted by molar-refractivity contribution is 0.394. The zero-order valence-corrected chi connectivity index (χ0v) is 8.53. The summed E-state index contributed by atoms with van der Waals surface area (Å²) in [5.74, 6) is 1.27. The minimum atomic E-state index is 0.598. The number of hydrogen-bond acceptors (Lipinski definition) is 3. The molecule has 0 saturated heterocycles. The van der Waals surface area contributed by atoms with E-state index in [4.69, 9.17) is 4.52 Å². The Labute approximate surface area is 82.8 Å². The Balaban J connectivity index is 2.55. The third-order valence-corrected chi connectivity index (χ3v) is 2.16. The van der Waals surface area contributed by atoms with Gasteiger partial charge >= 0.3 is 0 Å². The number of aryl methyl sites for hydroxylation is 3. The minimum absolute atomic E-state index is 0.598. The van der Waals surface area contributed by atoms with E-state index in [-0.39, 0.29) is 0 Å². The lowest BCUT2D eigenvalue weighted by atomic mass is 10.1. The Kier molecular flexibility index (Phi) is 2.08. The molecular formula is C11H12N2O. The molecule has 0 unspecified atom stereocenters. The van der Waals surface area contributed by atoms with Crippen molar-refractivity contribution in [2.45, 2.75) is 20.8 Å². The van der Waals surface area contributed by atoms with Crippen LogP contribution in [0.1, 0.15) is 17.0 Å². The highest BCUT2D eigenvalue weighted by Crippen LogP contribution is 2.21. The van der Waals surface area contributed by atoms with Crippen LogP contribution in [0.4, 0.5) is 0 Å². The molecule has 0 aliphatic carbocycles. The van der Waals surface area contributed by atoms with Crippen LogP contribution in [0.3, 0.4) is 0 Å². The summed E-state index contributed by atoms with van der Waals surface area (Å²) in [7, 11) is 0. The van der Waals surface area contributed by atoms with Crippen molar-refractivity contribution in [1.82, 2.24) is 10.1 Å². The second-order valence-electron chi connectivity index (χ2n) is 3.46. The molecule has 0 bridgehead atoms. The highest BCUT2D eigenvalue weighted by molar-refractivity contribution is 5.60. The summed E-state index contributed by atoms with van der Waals surface area (Å²) in [6, 6.07) is 6.21. The zero-order chi connectivity index (χ0) is 10.1. The van der Waals surface area contributed by atoms with Crippen LogP contribution >= 0.6 is 0 Å². The van der Waals surface area contributed by atoms with Crippen LogP contribution in [0.15, 0.2) is 22.7 Å². The first-order valence-corrected chi connectivity index (χ1v) is 4.55. The molecule has 1 heterocycles. The molecule has 0 aliphatic heterocycles. The molecule has 0 fully saturated rings. The molecule has 3 nitrogen and oxygen atoms in total. The summed E-state index contributed by atoms with van der Waals surface area (Å²) in [5, 5.41) is 3.90. The second kappa shape index (κ2) is 3.25. The fourth-order valence-electron chi connectivity index (χ4n) is 1.39. The minimum Gasteiger partial charge on any atom is -0.339 e. The SMILES string of the molecule is Cc1ccc(C)c(-c2noc(C)n2)c1. The van der Waals surface area contributed by atoms with Gasteiger partial charge in [0.2, 0.25) is 11.7 Å². The maximum absolute atomic E-state index is 4.95. The lowest BCUT2D eigenvalue weighted by Crippen LogP contribution is -1.86. The standard InChI is InChI=1S/C11H12N2O/c1-7-4-5-8(2)10(6-7)11-12-9(3)14-13-11/h4-6H,1-3H3. The summed E-state index contributed by atoms with van der Waals surface area (Å²) in [6.45, 7) is 5.89. The first kappa shape index (κ1) is 8.94. The molecule has 1 aromatic heterocycles. The normalized spacial score (nSPS) is 10.5. The number of aromatic nitrogens is 2. The Morgan fingerprint density at radius 3 is 2.57 bits per heavy atom. The van der Waals surface area contributed by atoms with E-state index in [1.165, 1.54) is 5.56 Å². The predicted molar refractivity (Wildman–Crippen MR) is 53.9 cm³/mol. The van der Waals surface area contributed by atoms with Crippen molar-refractivity contribution >= 4 is 0 Å². The van der Waals surface area contributed by atoms with Gasteiger partial charge in [0.15, 0.2) is 0 Å². The average molecular weight is 188 g/mol. The van der Waals surface area contributed by atoms with Crippen molar-refractivity contribution in [1.29, 1.82) is 0 Å². The van der Waals surface area contributed by atoms with Crippen LogP contribution in [0.5, 0.6) is 0 Å². The largest absolute Gasteiger partial charge is 0.339 e. The highest BCUT2D eigenvalue weighted by Gasteiger charge is 2.08. The molecule has 14 heavy (non-hydrogen) atoms. The van der Waals surface area contributed by atoms with Gasteiger partial charge in [-0.25, -0.2) is 0 Å². The van der Waals surface area contributed by atoms with Crippen LogP contribution in [0.2, 0.25) is 0 Å². The molecule has 0 spiro atoms. The van der Waals surface area contributed by atoms with Crippen molar-refractivity contribution in [3.05, 3.63) is 35.2 Å². The molecule has 3 heteroatoms. The average Bonchev–Trinajstić information content (AvgIpc) is 2.56. The van der Waals surface area contributed by atoms with E-state index in [2.05, 4.69) is 35.3 Å².